The van der Waals surface area contributed by atoms with Gasteiger partial charge in [0.2, 0.25) is 10.0 Å². The van der Waals surface area contributed by atoms with Crippen LogP contribution in [0.5, 0.6) is 0 Å². The normalized spacial score (nSPS) is 15.1. The maximum absolute atomic E-state index is 13.3. The van der Waals surface area contributed by atoms with Crippen LogP contribution >= 0.6 is 0 Å². The van der Waals surface area contributed by atoms with E-state index in [0.717, 1.165) is 12.1 Å². The molecule has 0 bridgehead atoms. The van der Waals surface area contributed by atoms with Gasteiger partial charge in [0.05, 0.1) is 11.4 Å². The van der Waals surface area contributed by atoms with Crippen LogP contribution in [-0.2, 0) is 15.6 Å². The lowest BCUT2D eigenvalue weighted by Crippen LogP contribution is -2.50. The van der Waals surface area contributed by atoms with Crippen LogP contribution in [0.1, 0.15) is 5.56 Å². The highest BCUT2D eigenvalue weighted by Gasteiger charge is 2.55. The molecule has 2 rings (SSSR count). The molecule has 0 aliphatic heterocycles. The lowest BCUT2D eigenvalue weighted by Gasteiger charge is -2.31. The predicted octanol–water partition coefficient (Wildman–Crippen LogP) is 2.42. The Bertz CT molecular complexity index is 749. The van der Waals surface area contributed by atoms with E-state index < -0.39 is 33.9 Å². The zero-order chi connectivity index (χ0) is 17.1. The predicted molar refractivity (Wildman–Crippen MR) is 78.0 cm³/mol. The van der Waals surface area contributed by atoms with Crippen LogP contribution in [0.25, 0.3) is 0 Å². The molecule has 23 heavy (non-hydrogen) atoms. The summed E-state index contributed by atoms with van der Waals surface area (Å²) < 4.78 is 65.8. The van der Waals surface area contributed by atoms with Crippen LogP contribution < -0.4 is 4.72 Å². The second-order valence-electron chi connectivity index (χ2n) is 4.86. The van der Waals surface area contributed by atoms with E-state index in [2.05, 4.69) is 0 Å². The average Bonchev–Trinajstić information content (AvgIpc) is 2.53. The lowest BCUT2D eigenvalue weighted by molar-refractivity contribution is -0.263. The number of rotatable bonds is 5. The molecule has 2 aromatic carbocycles. The Morgan fingerprint density at radius 3 is 1.87 bits per heavy atom. The monoisotopic (exact) mass is 345 g/mol. The molecule has 0 aliphatic rings. The molecule has 124 valence electrons. The number of hydrogen-bond acceptors (Lipinski definition) is 3. The third kappa shape index (κ3) is 3.72. The molecule has 0 unspecified atom stereocenters. The van der Waals surface area contributed by atoms with Crippen molar-refractivity contribution in [3.8, 4) is 0 Å². The third-order valence-electron chi connectivity index (χ3n) is 3.29. The van der Waals surface area contributed by atoms with Gasteiger partial charge in [-0.05, 0) is 17.7 Å². The van der Waals surface area contributed by atoms with Gasteiger partial charge in [-0.3, -0.25) is 0 Å². The standard InChI is InChI=1S/C15H14F3NO3S/c16-15(17,18)14(20,12-7-3-1-4-8-12)11-19-23(21,22)13-9-5-2-6-10-13/h1-10,19-20H,11H2/t14-/m0/s1. The molecule has 0 radical (unpaired) electrons. The molecule has 0 saturated carbocycles. The minimum Gasteiger partial charge on any atom is -0.375 e. The molecule has 0 aromatic heterocycles. The van der Waals surface area contributed by atoms with E-state index in [1.54, 1.807) is 6.07 Å². The largest absolute Gasteiger partial charge is 0.422 e. The van der Waals surface area contributed by atoms with Crippen molar-refractivity contribution in [3.63, 3.8) is 0 Å². The highest BCUT2D eigenvalue weighted by molar-refractivity contribution is 7.89. The van der Waals surface area contributed by atoms with Crippen LogP contribution in [0, 0.1) is 0 Å². The topological polar surface area (TPSA) is 66.4 Å². The van der Waals surface area contributed by atoms with Gasteiger partial charge >= 0.3 is 6.18 Å². The number of hydrogen-bond donors (Lipinski definition) is 2. The quantitative estimate of drug-likeness (QED) is 0.875. The van der Waals surface area contributed by atoms with E-state index in [1.165, 1.54) is 42.5 Å². The molecule has 0 aliphatic carbocycles. The fourth-order valence-electron chi connectivity index (χ4n) is 1.96. The molecule has 0 amide bonds. The second kappa shape index (κ2) is 6.31. The summed E-state index contributed by atoms with van der Waals surface area (Å²) in [6.07, 6.45) is -5.05. The first-order chi connectivity index (χ1) is 10.7. The number of benzene rings is 2. The minimum absolute atomic E-state index is 0.183. The summed E-state index contributed by atoms with van der Waals surface area (Å²) >= 11 is 0. The van der Waals surface area contributed by atoms with Gasteiger partial charge < -0.3 is 5.11 Å². The Morgan fingerprint density at radius 2 is 1.39 bits per heavy atom. The molecular weight excluding hydrogens is 331 g/mol. The van der Waals surface area contributed by atoms with Gasteiger partial charge in [0, 0.05) is 0 Å². The highest BCUT2D eigenvalue weighted by Crippen LogP contribution is 2.38. The van der Waals surface area contributed by atoms with Crippen molar-refractivity contribution in [1.82, 2.24) is 4.72 Å². The van der Waals surface area contributed by atoms with Gasteiger partial charge in [0.1, 0.15) is 0 Å². The summed E-state index contributed by atoms with van der Waals surface area (Å²) in [5.41, 5.74) is -3.76. The van der Waals surface area contributed by atoms with E-state index in [1.807, 2.05) is 4.72 Å². The van der Waals surface area contributed by atoms with Gasteiger partial charge in [-0.2, -0.15) is 13.2 Å². The fourth-order valence-corrected chi connectivity index (χ4v) is 3.04. The zero-order valence-electron chi connectivity index (χ0n) is 11.8. The van der Waals surface area contributed by atoms with Crippen LogP contribution in [-0.4, -0.2) is 26.2 Å². The Morgan fingerprint density at radius 1 is 0.913 bits per heavy atom. The smallest absolute Gasteiger partial charge is 0.375 e. The molecule has 2 N–H and O–H groups in total. The first kappa shape index (κ1) is 17.5. The van der Waals surface area contributed by atoms with Crippen LogP contribution in [0.3, 0.4) is 0 Å². The molecular formula is C15H14F3NO3S. The SMILES string of the molecule is O=S(=O)(NC[C@](O)(c1ccccc1)C(F)(F)F)c1ccccc1. The number of alkyl halides is 3. The van der Waals surface area contributed by atoms with Crippen LogP contribution in [0.2, 0.25) is 0 Å². The number of halogens is 3. The van der Waals surface area contributed by atoms with E-state index in [-0.39, 0.29) is 4.90 Å². The zero-order valence-corrected chi connectivity index (χ0v) is 12.6. The number of nitrogens with one attached hydrogen (secondary N) is 1. The van der Waals surface area contributed by atoms with Crippen molar-refractivity contribution >= 4 is 10.0 Å². The molecule has 1 atom stereocenters. The van der Waals surface area contributed by atoms with Gasteiger partial charge in [0.25, 0.3) is 0 Å². The Kier molecular flexibility index (Phi) is 4.79. The maximum Gasteiger partial charge on any atom is 0.422 e. The van der Waals surface area contributed by atoms with Crippen molar-refractivity contribution in [3.05, 3.63) is 66.2 Å². The summed E-state index contributed by atoms with van der Waals surface area (Å²) in [5.74, 6) is 0. The first-order valence-corrected chi connectivity index (χ1v) is 8.04. The Hall–Kier alpha value is -1.90. The highest BCUT2D eigenvalue weighted by atomic mass is 32.2. The van der Waals surface area contributed by atoms with Crippen LogP contribution in [0.15, 0.2) is 65.6 Å². The number of aliphatic hydroxyl groups is 1. The lowest BCUT2D eigenvalue weighted by atomic mass is 9.93. The molecule has 0 saturated heterocycles. The summed E-state index contributed by atoms with van der Waals surface area (Å²) in [5, 5.41) is 10.1. The third-order valence-corrected chi connectivity index (χ3v) is 4.71. The van der Waals surface area contributed by atoms with Crippen molar-refractivity contribution in [1.29, 1.82) is 0 Å². The number of sulfonamides is 1. The molecule has 0 fully saturated rings. The van der Waals surface area contributed by atoms with Crippen LogP contribution in [0.4, 0.5) is 13.2 Å². The molecule has 4 nitrogen and oxygen atoms in total. The van der Waals surface area contributed by atoms with Gasteiger partial charge in [-0.1, -0.05) is 48.5 Å². The van der Waals surface area contributed by atoms with Gasteiger partial charge in [0.15, 0.2) is 5.60 Å². The van der Waals surface area contributed by atoms with Crippen molar-refractivity contribution in [2.45, 2.75) is 16.7 Å². The van der Waals surface area contributed by atoms with Crippen molar-refractivity contribution in [2.75, 3.05) is 6.54 Å². The Labute approximate surface area is 131 Å². The summed E-state index contributed by atoms with van der Waals surface area (Å²) in [7, 11) is -4.17. The molecule has 2 aromatic rings. The van der Waals surface area contributed by atoms with Crippen molar-refractivity contribution in [2.24, 2.45) is 0 Å². The minimum atomic E-state index is -5.05. The summed E-state index contributed by atoms with van der Waals surface area (Å²) in [6, 6.07) is 13.3. The maximum atomic E-state index is 13.3. The van der Waals surface area contributed by atoms with E-state index >= 15 is 0 Å². The average molecular weight is 345 g/mol. The van der Waals surface area contributed by atoms with E-state index in [0.29, 0.717) is 0 Å². The van der Waals surface area contributed by atoms with E-state index in [4.69, 9.17) is 0 Å². The van der Waals surface area contributed by atoms with Gasteiger partial charge in [-0.25, -0.2) is 13.1 Å². The fraction of sp³-hybridized carbons (Fsp3) is 0.200. The Balaban J connectivity index is 2.31. The summed E-state index contributed by atoms with van der Waals surface area (Å²) in [6.45, 7) is -1.22. The molecule has 0 heterocycles. The summed E-state index contributed by atoms with van der Waals surface area (Å²) in [4.78, 5) is -0.183. The van der Waals surface area contributed by atoms with Gasteiger partial charge in [-0.15, -0.1) is 0 Å². The second-order valence-corrected chi connectivity index (χ2v) is 6.63. The molecule has 8 heteroatoms. The first-order valence-electron chi connectivity index (χ1n) is 6.56. The molecule has 0 spiro atoms. The van der Waals surface area contributed by atoms with Crippen molar-refractivity contribution < 1.29 is 26.7 Å². The van der Waals surface area contributed by atoms with E-state index in [9.17, 15) is 26.7 Å².